The van der Waals surface area contributed by atoms with Crippen LogP contribution in [0.25, 0.3) is 21.8 Å². The zero-order valence-electron chi connectivity index (χ0n) is 35.8. The summed E-state index contributed by atoms with van der Waals surface area (Å²) in [6.45, 7) is 10.6. The van der Waals surface area contributed by atoms with E-state index in [2.05, 4.69) is 60.0 Å². The number of para-hydroxylation sites is 4. The fourth-order valence-corrected chi connectivity index (χ4v) is 8.66. The van der Waals surface area contributed by atoms with Gasteiger partial charge in [0.05, 0.1) is 43.8 Å². The summed E-state index contributed by atoms with van der Waals surface area (Å²) in [5.41, 5.74) is 7.85. The van der Waals surface area contributed by atoms with Gasteiger partial charge in [0.25, 0.3) is 0 Å². The minimum absolute atomic E-state index is 0.290. The fourth-order valence-electron chi connectivity index (χ4n) is 8.66. The number of aromatic nitrogens is 2. The maximum Gasteiger partial charge on any atom is 0.337 e. The molecule has 0 spiro atoms. The summed E-state index contributed by atoms with van der Waals surface area (Å²) in [5, 5.41) is 11.4. The van der Waals surface area contributed by atoms with E-state index in [4.69, 9.17) is 14.2 Å². The number of carbonyl (C=O) groups is 2. The molecule has 61 heavy (non-hydrogen) atoms. The van der Waals surface area contributed by atoms with Gasteiger partial charge in [0.15, 0.2) is 0 Å². The standard InChI is InChI=1S/C25H31N3O3.C24H29N3O3/c1-30-24-9-4-3-8-23(24)28-15-13-27(14-16-28)12-6-5-7-20-18-26-22-11-10-19(17-21(20)22)25(29)31-2;1-30-23-8-3-2-7-22(23)27-14-12-26(13-15-27)11-5-4-6-19-17-25-21-10-9-18(24(28)29)16-20(19)21/h3-4,8-11,17-18,26H,5-7,12-16H2,1-2H3;2-3,7-10,16-17,25H,4-6,11-15H2,1H3,(H,28,29). The predicted octanol–water partition coefficient (Wildman–Crippen LogP) is 8.13. The first-order chi connectivity index (χ1) is 29.8. The van der Waals surface area contributed by atoms with Crippen molar-refractivity contribution in [3.8, 4) is 11.5 Å². The maximum atomic E-state index is 11.8. The van der Waals surface area contributed by atoms with Crippen LogP contribution < -0.4 is 19.3 Å². The minimum Gasteiger partial charge on any atom is -0.495 e. The number of methoxy groups -OCH3 is 3. The molecule has 0 aliphatic carbocycles. The van der Waals surface area contributed by atoms with Crippen molar-refractivity contribution in [1.82, 2.24) is 19.8 Å². The number of hydrogen-bond donors (Lipinski definition) is 3. The van der Waals surface area contributed by atoms with Crippen LogP contribution >= 0.6 is 0 Å². The average molecular weight is 829 g/mol. The van der Waals surface area contributed by atoms with Crippen molar-refractivity contribution in [3.05, 3.63) is 120 Å². The Morgan fingerprint density at radius 1 is 0.574 bits per heavy atom. The molecule has 0 bridgehead atoms. The molecule has 4 heterocycles. The number of fused-ring (bicyclic) bond motifs is 2. The first-order valence-corrected chi connectivity index (χ1v) is 21.6. The molecule has 6 aromatic rings. The molecule has 0 radical (unpaired) electrons. The first-order valence-electron chi connectivity index (χ1n) is 21.6. The zero-order valence-corrected chi connectivity index (χ0v) is 35.8. The number of esters is 1. The van der Waals surface area contributed by atoms with Gasteiger partial charge in [0, 0.05) is 86.6 Å². The Kier molecular flexibility index (Phi) is 14.9. The van der Waals surface area contributed by atoms with Gasteiger partial charge in [-0.3, -0.25) is 9.80 Å². The lowest BCUT2D eigenvalue weighted by molar-refractivity contribution is 0.0600. The van der Waals surface area contributed by atoms with Gasteiger partial charge in [-0.25, -0.2) is 9.59 Å². The van der Waals surface area contributed by atoms with Crippen molar-refractivity contribution in [1.29, 1.82) is 0 Å². The summed E-state index contributed by atoms with van der Waals surface area (Å²) in [5.74, 6) is 0.721. The van der Waals surface area contributed by atoms with E-state index >= 15 is 0 Å². The van der Waals surface area contributed by atoms with Crippen molar-refractivity contribution in [2.24, 2.45) is 0 Å². The lowest BCUT2D eigenvalue weighted by Gasteiger charge is -2.36. The van der Waals surface area contributed by atoms with Gasteiger partial charge in [0.1, 0.15) is 11.5 Å². The van der Waals surface area contributed by atoms with Crippen molar-refractivity contribution in [3.63, 3.8) is 0 Å². The Morgan fingerprint density at radius 2 is 1.02 bits per heavy atom. The average Bonchev–Trinajstić information content (AvgIpc) is 3.92. The van der Waals surface area contributed by atoms with E-state index < -0.39 is 5.97 Å². The monoisotopic (exact) mass is 828 g/mol. The van der Waals surface area contributed by atoms with Crippen molar-refractivity contribution in [2.75, 3.05) is 96.6 Å². The molecule has 2 saturated heterocycles. The Balaban J connectivity index is 0.000000184. The SMILES string of the molecule is COC(=O)c1ccc2[nH]cc(CCCCN3CCN(c4ccccc4OC)CC3)c2c1.COc1ccccc1N1CCN(CCCCc2c[nH]c3ccc(C(=O)O)cc23)CC1. The molecule has 8 rings (SSSR count). The van der Waals surface area contributed by atoms with Crippen molar-refractivity contribution in [2.45, 2.75) is 38.5 Å². The van der Waals surface area contributed by atoms with Crippen LogP contribution in [0, 0.1) is 0 Å². The number of aryl methyl sites for hydroxylation is 2. The number of aromatic amines is 2. The highest BCUT2D eigenvalue weighted by Crippen LogP contribution is 2.30. The molecule has 0 unspecified atom stereocenters. The van der Waals surface area contributed by atoms with Gasteiger partial charge in [-0.05, 0) is 123 Å². The summed E-state index contributed by atoms with van der Waals surface area (Å²) in [6, 6.07) is 27.4. The third-order valence-electron chi connectivity index (χ3n) is 12.1. The number of hydrogen-bond acceptors (Lipinski definition) is 9. The number of carbonyl (C=O) groups excluding carboxylic acids is 1. The van der Waals surface area contributed by atoms with Gasteiger partial charge in [-0.2, -0.15) is 0 Å². The lowest BCUT2D eigenvalue weighted by atomic mass is 10.0. The molecule has 2 aromatic heterocycles. The van der Waals surface area contributed by atoms with Crippen molar-refractivity contribution >= 4 is 45.1 Å². The van der Waals surface area contributed by atoms with Crippen LogP contribution in [0.2, 0.25) is 0 Å². The molecule has 322 valence electrons. The molecule has 12 nitrogen and oxygen atoms in total. The van der Waals surface area contributed by atoms with Crippen LogP contribution in [0.1, 0.15) is 57.5 Å². The highest BCUT2D eigenvalue weighted by Gasteiger charge is 2.21. The number of carboxylic acid groups (broad SMARTS) is 1. The Bertz CT molecular complexity index is 2360. The second-order valence-corrected chi connectivity index (χ2v) is 15.9. The maximum absolute atomic E-state index is 11.8. The third-order valence-corrected chi connectivity index (χ3v) is 12.1. The van der Waals surface area contributed by atoms with Crippen LogP contribution in [-0.2, 0) is 17.6 Å². The van der Waals surface area contributed by atoms with E-state index in [-0.39, 0.29) is 5.97 Å². The molecule has 0 atom stereocenters. The van der Waals surface area contributed by atoms with Gasteiger partial charge < -0.3 is 39.1 Å². The summed E-state index contributed by atoms with van der Waals surface area (Å²) in [6.07, 6.45) is 10.6. The van der Waals surface area contributed by atoms with Crippen LogP contribution in [0.5, 0.6) is 11.5 Å². The Labute approximate surface area is 359 Å². The molecular formula is C49H60N6O6. The molecule has 0 amide bonds. The number of unbranched alkanes of at least 4 members (excludes halogenated alkanes) is 2. The Morgan fingerprint density at radius 3 is 1.46 bits per heavy atom. The molecule has 12 heteroatoms. The van der Waals surface area contributed by atoms with E-state index in [1.165, 1.54) is 29.6 Å². The largest absolute Gasteiger partial charge is 0.495 e. The van der Waals surface area contributed by atoms with E-state index in [1.807, 2.05) is 48.7 Å². The number of aromatic carboxylic acids is 1. The van der Waals surface area contributed by atoms with Gasteiger partial charge in [-0.15, -0.1) is 0 Å². The zero-order chi connectivity index (χ0) is 42.6. The predicted molar refractivity (Wildman–Crippen MR) is 244 cm³/mol. The summed E-state index contributed by atoms with van der Waals surface area (Å²) < 4.78 is 15.9. The number of nitrogens with one attached hydrogen (secondary N) is 2. The van der Waals surface area contributed by atoms with Crippen LogP contribution in [0.4, 0.5) is 11.4 Å². The van der Waals surface area contributed by atoms with E-state index in [9.17, 15) is 14.7 Å². The molecule has 2 fully saturated rings. The summed E-state index contributed by atoms with van der Waals surface area (Å²) >= 11 is 0. The van der Waals surface area contributed by atoms with E-state index in [0.29, 0.717) is 11.1 Å². The van der Waals surface area contributed by atoms with Gasteiger partial charge >= 0.3 is 11.9 Å². The van der Waals surface area contributed by atoms with Crippen LogP contribution in [0.3, 0.4) is 0 Å². The normalized spacial score (nSPS) is 14.8. The second kappa shape index (κ2) is 21.0. The summed E-state index contributed by atoms with van der Waals surface area (Å²) in [4.78, 5) is 39.5. The first kappa shape index (κ1) is 43.1. The smallest absolute Gasteiger partial charge is 0.337 e. The molecule has 0 saturated carbocycles. The second-order valence-electron chi connectivity index (χ2n) is 15.9. The van der Waals surface area contributed by atoms with E-state index in [0.717, 1.165) is 137 Å². The number of nitrogens with zero attached hydrogens (tertiary/aromatic N) is 4. The molecule has 2 aliphatic heterocycles. The lowest BCUT2D eigenvalue weighted by Crippen LogP contribution is -2.46. The number of anilines is 2. The fraction of sp³-hybridized carbons (Fsp3) is 0.388. The number of benzene rings is 4. The summed E-state index contributed by atoms with van der Waals surface area (Å²) in [7, 11) is 4.88. The quantitative estimate of drug-likeness (QED) is 0.0651. The number of rotatable bonds is 16. The highest BCUT2D eigenvalue weighted by atomic mass is 16.5. The van der Waals surface area contributed by atoms with E-state index in [1.54, 1.807) is 32.4 Å². The molecule has 4 aromatic carbocycles. The molecule has 2 aliphatic rings. The van der Waals surface area contributed by atoms with Crippen molar-refractivity contribution < 1.29 is 28.9 Å². The number of piperazine rings is 2. The number of H-pyrrole nitrogens is 2. The molecule has 3 N–H and O–H groups in total. The topological polar surface area (TPSA) is 127 Å². The Hall–Kier alpha value is -5.98. The van der Waals surface area contributed by atoms with Gasteiger partial charge in [-0.1, -0.05) is 24.3 Å². The molecular weight excluding hydrogens is 769 g/mol. The third kappa shape index (κ3) is 10.9. The highest BCUT2D eigenvalue weighted by molar-refractivity contribution is 5.96. The van der Waals surface area contributed by atoms with Crippen LogP contribution in [0.15, 0.2) is 97.3 Å². The number of ether oxygens (including phenoxy) is 3. The minimum atomic E-state index is -0.878. The van der Waals surface area contributed by atoms with Gasteiger partial charge in [0.2, 0.25) is 0 Å². The number of carboxylic acids is 1. The van der Waals surface area contributed by atoms with Crippen LogP contribution in [-0.4, -0.2) is 124 Å².